The van der Waals surface area contributed by atoms with Gasteiger partial charge in [0, 0.05) is 35.8 Å². The molecule has 2 fully saturated rings. The third-order valence-electron chi connectivity index (χ3n) is 4.92. The number of thiophene rings is 1. The maximum Gasteiger partial charge on any atom is 0.265 e. The van der Waals surface area contributed by atoms with Crippen LogP contribution >= 0.6 is 11.3 Å². The Balaban J connectivity index is 1.46. The fourth-order valence-electron chi connectivity index (χ4n) is 3.58. The summed E-state index contributed by atoms with van der Waals surface area (Å²) in [5, 5.41) is 2.96. The first-order valence-corrected chi connectivity index (χ1v) is 9.87. The van der Waals surface area contributed by atoms with Crippen molar-refractivity contribution in [3.05, 3.63) is 45.6 Å². The number of carbonyl (C=O) groups excluding carboxylic acids is 2. The Morgan fingerprint density at radius 1 is 1.27 bits per heavy atom. The van der Waals surface area contributed by atoms with Gasteiger partial charge in [-0.15, -0.1) is 11.3 Å². The van der Waals surface area contributed by atoms with Crippen LogP contribution in [0.25, 0.3) is 0 Å². The van der Waals surface area contributed by atoms with Crippen LogP contribution in [0.5, 0.6) is 0 Å². The highest BCUT2D eigenvalue weighted by molar-refractivity contribution is 7.14. The zero-order valence-electron chi connectivity index (χ0n) is 14.8. The van der Waals surface area contributed by atoms with Gasteiger partial charge in [-0.3, -0.25) is 9.59 Å². The Labute approximate surface area is 157 Å². The molecule has 26 heavy (non-hydrogen) atoms. The van der Waals surface area contributed by atoms with E-state index in [1.807, 2.05) is 42.2 Å². The second kappa shape index (κ2) is 7.21. The molecular formula is C20H22N2O3S. The van der Waals surface area contributed by atoms with Crippen molar-refractivity contribution in [2.24, 2.45) is 0 Å². The number of nitrogens with zero attached hydrogens (tertiary/aromatic N) is 1. The molecule has 1 N–H and O–H groups in total. The molecule has 1 atom stereocenters. The van der Waals surface area contributed by atoms with Gasteiger partial charge in [0.15, 0.2) is 0 Å². The molecule has 5 nitrogen and oxygen atoms in total. The molecule has 0 spiro atoms. The van der Waals surface area contributed by atoms with E-state index in [4.69, 9.17) is 4.74 Å². The minimum absolute atomic E-state index is 0.108. The number of aryl methyl sites for hydroxylation is 1. The second-order valence-electron chi connectivity index (χ2n) is 6.81. The molecule has 0 aliphatic carbocycles. The predicted octanol–water partition coefficient (Wildman–Crippen LogP) is 4.29. The maximum absolute atomic E-state index is 12.5. The summed E-state index contributed by atoms with van der Waals surface area (Å²) < 4.78 is 5.68. The van der Waals surface area contributed by atoms with Crippen molar-refractivity contribution in [2.75, 3.05) is 23.4 Å². The van der Waals surface area contributed by atoms with Crippen molar-refractivity contribution >= 4 is 34.5 Å². The lowest BCUT2D eigenvalue weighted by Crippen LogP contribution is -2.24. The number of carbonyl (C=O) groups is 2. The van der Waals surface area contributed by atoms with Gasteiger partial charge >= 0.3 is 0 Å². The van der Waals surface area contributed by atoms with Crippen LogP contribution in [0.3, 0.4) is 0 Å². The van der Waals surface area contributed by atoms with Crippen LogP contribution in [-0.2, 0) is 9.53 Å². The third kappa shape index (κ3) is 3.39. The van der Waals surface area contributed by atoms with E-state index in [1.165, 1.54) is 11.3 Å². The fourth-order valence-corrected chi connectivity index (χ4v) is 4.57. The zero-order valence-corrected chi connectivity index (χ0v) is 15.6. The van der Waals surface area contributed by atoms with E-state index >= 15 is 0 Å². The molecule has 2 amide bonds. The lowest BCUT2D eigenvalue weighted by molar-refractivity contribution is -0.117. The van der Waals surface area contributed by atoms with Gasteiger partial charge in [0.05, 0.1) is 11.0 Å². The summed E-state index contributed by atoms with van der Waals surface area (Å²) in [5.74, 6) is 0.0637. The lowest BCUT2D eigenvalue weighted by Gasteiger charge is -2.19. The monoisotopic (exact) mass is 370 g/mol. The summed E-state index contributed by atoms with van der Waals surface area (Å²) in [6.07, 6.45) is 3.76. The minimum Gasteiger partial charge on any atom is -0.373 e. The fraction of sp³-hybridized carbons (Fsp3) is 0.400. The molecule has 0 saturated carbocycles. The van der Waals surface area contributed by atoms with Gasteiger partial charge in [0.2, 0.25) is 5.91 Å². The van der Waals surface area contributed by atoms with E-state index in [0.29, 0.717) is 11.3 Å². The van der Waals surface area contributed by atoms with Crippen LogP contribution in [-0.4, -0.2) is 25.0 Å². The van der Waals surface area contributed by atoms with Crippen molar-refractivity contribution in [2.45, 2.75) is 38.7 Å². The number of amides is 2. The van der Waals surface area contributed by atoms with Gasteiger partial charge in [-0.2, -0.15) is 0 Å². The van der Waals surface area contributed by atoms with E-state index in [0.717, 1.165) is 54.2 Å². The maximum atomic E-state index is 12.5. The van der Waals surface area contributed by atoms with Crippen LogP contribution in [0.2, 0.25) is 0 Å². The van der Waals surface area contributed by atoms with Gasteiger partial charge in [0.1, 0.15) is 0 Å². The van der Waals surface area contributed by atoms with Gasteiger partial charge < -0.3 is 15.0 Å². The molecule has 4 rings (SSSR count). The van der Waals surface area contributed by atoms with Gasteiger partial charge in [-0.1, -0.05) is 0 Å². The van der Waals surface area contributed by atoms with Crippen LogP contribution < -0.4 is 10.2 Å². The summed E-state index contributed by atoms with van der Waals surface area (Å²) >= 11 is 1.50. The largest absolute Gasteiger partial charge is 0.373 e. The lowest BCUT2D eigenvalue weighted by atomic mass is 10.1. The Kier molecular flexibility index (Phi) is 4.78. The zero-order chi connectivity index (χ0) is 18.1. The summed E-state index contributed by atoms with van der Waals surface area (Å²) in [5.41, 5.74) is 2.67. The Morgan fingerprint density at radius 3 is 2.85 bits per heavy atom. The molecule has 2 aromatic rings. The number of ether oxygens (including phenoxy) is 1. The van der Waals surface area contributed by atoms with Crippen molar-refractivity contribution < 1.29 is 14.3 Å². The third-order valence-corrected chi connectivity index (χ3v) is 6.09. The summed E-state index contributed by atoms with van der Waals surface area (Å²) in [7, 11) is 0. The SMILES string of the molecule is Cc1cc(NC(=O)c2ccc(C3CCCO3)s2)ccc1N1CCCC1=O. The summed E-state index contributed by atoms with van der Waals surface area (Å²) in [6.45, 7) is 3.54. The average molecular weight is 370 g/mol. The molecule has 6 heteroatoms. The standard InChI is InChI=1S/C20H22N2O3S/c1-13-12-14(6-7-15(13)22-10-2-5-19(22)23)21-20(24)18-9-8-17(26-18)16-4-3-11-25-16/h6-9,12,16H,2-5,10-11H2,1H3,(H,21,24). The molecule has 1 unspecified atom stereocenters. The molecule has 1 aromatic heterocycles. The smallest absolute Gasteiger partial charge is 0.265 e. The first-order valence-electron chi connectivity index (χ1n) is 9.05. The van der Waals surface area contributed by atoms with Gasteiger partial charge in [-0.25, -0.2) is 0 Å². The number of rotatable bonds is 4. The molecule has 2 saturated heterocycles. The number of anilines is 2. The van der Waals surface area contributed by atoms with E-state index < -0.39 is 0 Å². The number of nitrogens with one attached hydrogen (secondary N) is 1. The summed E-state index contributed by atoms with van der Waals surface area (Å²) in [6, 6.07) is 9.55. The first-order chi connectivity index (χ1) is 12.6. The van der Waals surface area contributed by atoms with Gasteiger partial charge in [-0.05, 0) is 62.1 Å². The van der Waals surface area contributed by atoms with Gasteiger partial charge in [0.25, 0.3) is 5.91 Å². The van der Waals surface area contributed by atoms with Crippen molar-refractivity contribution in [3.8, 4) is 0 Å². The Bertz CT molecular complexity index is 839. The quantitative estimate of drug-likeness (QED) is 0.873. The predicted molar refractivity (Wildman–Crippen MR) is 103 cm³/mol. The molecule has 0 bridgehead atoms. The molecule has 3 heterocycles. The van der Waals surface area contributed by atoms with Crippen LogP contribution in [0.1, 0.15) is 51.9 Å². The van der Waals surface area contributed by atoms with Crippen LogP contribution in [0.4, 0.5) is 11.4 Å². The van der Waals surface area contributed by atoms with Crippen LogP contribution in [0, 0.1) is 6.92 Å². The summed E-state index contributed by atoms with van der Waals surface area (Å²) in [4.78, 5) is 28.1. The van der Waals surface area contributed by atoms with Crippen molar-refractivity contribution in [1.82, 2.24) is 0 Å². The highest BCUT2D eigenvalue weighted by Crippen LogP contribution is 2.34. The first kappa shape index (κ1) is 17.2. The Hall–Kier alpha value is -2.18. The molecule has 0 radical (unpaired) electrons. The number of hydrogen-bond donors (Lipinski definition) is 1. The topological polar surface area (TPSA) is 58.6 Å². The number of benzene rings is 1. The van der Waals surface area contributed by atoms with Crippen molar-refractivity contribution in [1.29, 1.82) is 0 Å². The normalized spacial score (nSPS) is 20.0. The molecule has 136 valence electrons. The van der Waals surface area contributed by atoms with E-state index in [2.05, 4.69) is 5.32 Å². The molecular weight excluding hydrogens is 348 g/mol. The second-order valence-corrected chi connectivity index (χ2v) is 7.92. The number of hydrogen-bond acceptors (Lipinski definition) is 4. The molecule has 1 aromatic carbocycles. The van der Waals surface area contributed by atoms with Crippen molar-refractivity contribution in [3.63, 3.8) is 0 Å². The average Bonchev–Trinajstić information content (AvgIpc) is 3.36. The van der Waals surface area contributed by atoms with E-state index in [9.17, 15) is 9.59 Å². The minimum atomic E-state index is -0.108. The molecule has 2 aliphatic rings. The highest BCUT2D eigenvalue weighted by atomic mass is 32.1. The van der Waals surface area contributed by atoms with E-state index in [-0.39, 0.29) is 17.9 Å². The highest BCUT2D eigenvalue weighted by Gasteiger charge is 2.23. The van der Waals surface area contributed by atoms with Crippen LogP contribution in [0.15, 0.2) is 30.3 Å². The molecule has 2 aliphatic heterocycles. The Morgan fingerprint density at radius 2 is 2.15 bits per heavy atom. The van der Waals surface area contributed by atoms with E-state index in [1.54, 1.807) is 0 Å².